The summed E-state index contributed by atoms with van der Waals surface area (Å²) < 4.78 is 12.1. The average molecular weight is 338 g/mol. The maximum absolute atomic E-state index is 5.59. The summed E-state index contributed by atoms with van der Waals surface area (Å²) in [4.78, 5) is 0. The van der Waals surface area contributed by atoms with Crippen molar-refractivity contribution < 1.29 is 9.47 Å². The predicted molar refractivity (Wildman–Crippen MR) is 83.8 cm³/mol. The fraction of sp³-hybridized carbons (Fsp3) is 0.500. The SMILES string of the molecule is C#CCOc1ccc(Br)cc1CNC1(C)CCOCC1. The number of ether oxygens (including phenoxy) is 2. The second-order valence-electron chi connectivity index (χ2n) is 5.27. The maximum Gasteiger partial charge on any atom is 0.148 e. The number of rotatable bonds is 5. The first-order valence-electron chi connectivity index (χ1n) is 6.80. The van der Waals surface area contributed by atoms with Gasteiger partial charge in [-0.3, -0.25) is 0 Å². The van der Waals surface area contributed by atoms with Crippen LogP contribution >= 0.6 is 15.9 Å². The Morgan fingerprint density at radius 1 is 1.45 bits per heavy atom. The molecule has 1 heterocycles. The Hall–Kier alpha value is -1.02. The van der Waals surface area contributed by atoms with Crippen LogP contribution in [-0.4, -0.2) is 25.4 Å². The van der Waals surface area contributed by atoms with Crippen molar-refractivity contribution in [3.8, 4) is 18.1 Å². The lowest BCUT2D eigenvalue weighted by Crippen LogP contribution is -2.46. The van der Waals surface area contributed by atoms with Gasteiger partial charge in [-0.15, -0.1) is 6.42 Å². The van der Waals surface area contributed by atoms with Gasteiger partial charge in [0.2, 0.25) is 0 Å². The summed E-state index contributed by atoms with van der Waals surface area (Å²) in [5.74, 6) is 3.34. The van der Waals surface area contributed by atoms with Crippen LogP contribution in [0.1, 0.15) is 25.3 Å². The Morgan fingerprint density at radius 3 is 2.90 bits per heavy atom. The Morgan fingerprint density at radius 2 is 2.20 bits per heavy atom. The normalized spacial score (nSPS) is 17.4. The van der Waals surface area contributed by atoms with Crippen molar-refractivity contribution in [3.05, 3.63) is 28.2 Å². The Kier molecular flexibility index (Phi) is 5.47. The molecule has 0 saturated carbocycles. The molecule has 0 amide bonds. The van der Waals surface area contributed by atoms with Gasteiger partial charge in [-0.25, -0.2) is 0 Å². The standard InChI is InChI=1S/C16H20BrNO2/c1-3-8-20-15-5-4-14(17)11-13(15)12-18-16(2)6-9-19-10-7-16/h1,4-5,11,18H,6-10,12H2,2H3. The van der Waals surface area contributed by atoms with E-state index in [0.29, 0.717) is 6.61 Å². The molecule has 1 saturated heterocycles. The summed E-state index contributed by atoms with van der Waals surface area (Å²) in [5, 5.41) is 3.63. The Labute approximate surface area is 129 Å². The van der Waals surface area contributed by atoms with Crippen LogP contribution in [0.4, 0.5) is 0 Å². The molecule has 1 aliphatic heterocycles. The van der Waals surface area contributed by atoms with E-state index in [1.165, 1.54) is 0 Å². The number of terminal acetylenes is 1. The van der Waals surface area contributed by atoms with E-state index in [1.807, 2.05) is 12.1 Å². The molecule has 1 aliphatic rings. The molecule has 4 heteroatoms. The van der Waals surface area contributed by atoms with E-state index >= 15 is 0 Å². The van der Waals surface area contributed by atoms with Gasteiger partial charge >= 0.3 is 0 Å². The lowest BCUT2D eigenvalue weighted by molar-refractivity contribution is 0.0445. The summed E-state index contributed by atoms with van der Waals surface area (Å²) in [6.07, 6.45) is 7.31. The topological polar surface area (TPSA) is 30.5 Å². The monoisotopic (exact) mass is 337 g/mol. The molecule has 2 rings (SSSR count). The van der Waals surface area contributed by atoms with Crippen molar-refractivity contribution in [3.63, 3.8) is 0 Å². The van der Waals surface area contributed by atoms with Gasteiger partial charge in [0, 0.05) is 35.3 Å². The molecule has 1 aromatic carbocycles. The predicted octanol–water partition coefficient (Wildman–Crippen LogP) is 3.12. The van der Waals surface area contributed by atoms with Crippen LogP contribution in [0.2, 0.25) is 0 Å². The molecular weight excluding hydrogens is 318 g/mol. The molecule has 0 aromatic heterocycles. The lowest BCUT2D eigenvalue weighted by Gasteiger charge is -2.35. The third kappa shape index (κ3) is 4.24. The average Bonchev–Trinajstić information content (AvgIpc) is 2.45. The third-order valence-corrected chi connectivity index (χ3v) is 4.13. The zero-order valence-electron chi connectivity index (χ0n) is 11.7. The molecule has 20 heavy (non-hydrogen) atoms. The van der Waals surface area contributed by atoms with Crippen molar-refractivity contribution in [2.45, 2.75) is 31.8 Å². The van der Waals surface area contributed by atoms with E-state index in [9.17, 15) is 0 Å². The van der Waals surface area contributed by atoms with Gasteiger partial charge in [-0.2, -0.15) is 0 Å². The van der Waals surface area contributed by atoms with E-state index < -0.39 is 0 Å². The van der Waals surface area contributed by atoms with E-state index in [2.05, 4.69) is 40.2 Å². The van der Waals surface area contributed by atoms with Gasteiger partial charge < -0.3 is 14.8 Å². The minimum absolute atomic E-state index is 0.129. The summed E-state index contributed by atoms with van der Waals surface area (Å²) in [6.45, 7) is 4.94. The fourth-order valence-corrected chi connectivity index (χ4v) is 2.66. The van der Waals surface area contributed by atoms with Crippen LogP contribution in [0.25, 0.3) is 0 Å². The first-order chi connectivity index (χ1) is 9.63. The molecule has 0 radical (unpaired) electrons. The van der Waals surface area contributed by atoms with E-state index in [4.69, 9.17) is 15.9 Å². The van der Waals surface area contributed by atoms with Crippen LogP contribution in [-0.2, 0) is 11.3 Å². The molecule has 0 aliphatic carbocycles. The van der Waals surface area contributed by atoms with Crippen LogP contribution in [0.15, 0.2) is 22.7 Å². The van der Waals surface area contributed by atoms with Crippen LogP contribution in [0.3, 0.4) is 0 Å². The van der Waals surface area contributed by atoms with Crippen molar-refractivity contribution in [2.75, 3.05) is 19.8 Å². The molecule has 1 aromatic rings. The smallest absolute Gasteiger partial charge is 0.148 e. The first-order valence-corrected chi connectivity index (χ1v) is 7.60. The van der Waals surface area contributed by atoms with Crippen LogP contribution < -0.4 is 10.1 Å². The number of nitrogens with one attached hydrogen (secondary N) is 1. The maximum atomic E-state index is 5.59. The minimum Gasteiger partial charge on any atom is -0.481 e. The second kappa shape index (κ2) is 7.12. The molecule has 0 spiro atoms. The first kappa shape index (κ1) is 15.4. The molecular formula is C16H20BrNO2. The highest BCUT2D eigenvalue weighted by molar-refractivity contribution is 9.10. The van der Waals surface area contributed by atoms with Crippen molar-refractivity contribution in [1.29, 1.82) is 0 Å². The summed E-state index contributed by atoms with van der Waals surface area (Å²) in [5.41, 5.74) is 1.24. The molecule has 108 valence electrons. The number of benzene rings is 1. The summed E-state index contributed by atoms with van der Waals surface area (Å²) >= 11 is 3.50. The van der Waals surface area contributed by atoms with Gasteiger partial charge in [0.1, 0.15) is 12.4 Å². The van der Waals surface area contributed by atoms with Gasteiger partial charge in [0.15, 0.2) is 0 Å². The molecule has 1 fully saturated rings. The quantitative estimate of drug-likeness (QED) is 0.837. The molecule has 1 N–H and O–H groups in total. The van der Waals surface area contributed by atoms with E-state index in [0.717, 1.165) is 48.4 Å². The van der Waals surface area contributed by atoms with Crippen molar-refractivity contribution >= 4 is 15.9 Å². The summed E-state index contributed by atoms with van der Waals surface area (Å²) in [7, 11) is 0. The van der Waals surface area contributed by atoms with Gasteiger partial charge in [-0.1, -0.05) is 21.9 Å². The van der Waals surface area contributed by atoms with Gasteiger partial charge in [0.05, 0.1) is 0 Å². The highest BCUT2D eigenvalue weighted by Gasteiger charge is 2.26. The summed E-state index contributed by atoms with van der Waals surface area (Å²) in [6, 6.07) is 5.98. The van der Waals surface area contributed by atoms with Crippen molar-refractivity contribution in [2.24, 2.45) is 0 Å². The number of hydrogen-bond acceptors (Lipinski definition) is 3. The zero-order chi connectivity index (χ0) is 14.4. The Bertz CT molecular complexity index is 490. The van der Waals surface area contributed by atoms with Crippen LogP contribution in [0, 0.1) is 12.3 Å². The van der Waals surface area contributed by atoms with Gasteiger partial charge in [0.25, 0.3) is 0 Å². The van der Waals surface area contributed by atoms with Gasteiger partial charge in [-0.05, 0) is 38.0 Å². The fourth-order valence-electron chi connectivity index (χ4n) is 2.25. The minimum atomic E-state index is 0.129. The second-order valence-corrected chi connectivity index (χ2v) is 6.19. The zero-order valence-corrected chi connectivity index (χ0v) is 13.3. The lowest BCUT2D eigenvalue weighted by atomic mass is 9.92. The van der Waals surface area contributed by atoms with E-state index in [-0.39, 0.29) is 5.54 Å². The highest BCUT2D eigenvalue weighted by Crippen LogP contribution is 2.26. The molecule has 3 nitrogen and oxygen atoms in total. The number of hydrogen-bond donors (Lipinski definition) is 1. The third-order valence-electron chi connectivity index (χ3n) is 3.64. The molecule has 0 bridgehead atoms. The largest absolute Gasteiger partial charge is 0.481 e. The highest BCUT2D eigenvalue weighted by atomic mass is 79.9. The van der Waals surface area contributed by atoms with E-state index in [1.54, 1.807) is 0 Å². The van der Waals surface area contributed by atoms with Crippen LogP contribution in [0.5, 0.6) is 5.75 Å². The Balaban J connectivity index is 2.03. The molecule has 0 unspecified atom stereocenters. The van der Waals surface area contributed by atoms with Crippen molar-refractivity contribution in [1.82, 2.24) is 5.32 Å². The molecule has 0 atom stereocenters. The number of halogens is 1.